The second kappa shape index (κ2) is 10.3. The van der Waals surface area contributed by atoms with Gasteiger partial charge in [-0.3, -0.25) is 4.79 Å². The number of aromatic nitrogens is 1. The van der Waals surface area contributed by atoms with E-state index in [0.29, 0.717) is 24.9 Å². The van der Waals surface area contributed by atoms with Crippen LogP contribution in [0.1, 0.15) is 22.3 Å². The molecule has 1 aliphatic rings. The second-order valence-electron chi connectivity index (χ2n) is 8.76. The number of amides is 1. The normalized spacial score (nSPS) is 17.4. The molecule has 0 bridgehead atoms. The van der Waals surface area contributed by atoms with Gasteiger partial charge in [-0.1, -0.05) is 48.5 Å². The van der Waals surface area contributed by atoms with Gasteiger partial charge in [-0.25, -0.2) is 9.59 Å². The Labute approximate surface area is 209 Å². The lowest BCUT2D eigenvalue weighted by molar-refractivity contribution is -0.192. The van der Waals surface area contributed by atoms with Crippen molar-refractivity contribution in [2.24, 2.45) is 5.92 Å². The van der Waals surface area contributed by atoms with Crippen LogP contribution in [-0.4, -0.2) is 56.7 Å². The lowest BCUT2D eigenvalue weighted by Gasteiger charge is -2.25. The van der Waals surface area contributed by atoms with E-state index in [4.69, 9.17) is 9.90 Å². The zero-order chi connectivity index (χ0) is 26.7. The number of carboxylic acid groups (broad SMARTS) is 2. The summed E-state index contributed by atoms with van der Waals surface area (Å²) in [5, 5.41) is 20.2. The van der Waals surface area contributed by atoms with Crippen LogP contribution in [0.3, 0.4) is 0 Å². The average Bonchev–Trinajstić information content (AvgIpc) is 3.48. The molecule has 7 nitrogen and oxygen atoms in total. The van der Waals surface area contributed by atoms with Gasteiger partial charge in [-0.15, -0.1) is 0 Å². The molecule has 5 rings (SSSR count). The molecule has 0 radical (unpaired) electrons. The number of hydrogen-bond donors (Lipinski definition) is 3. The average molecular weight is 512 g/mol. The number of para-hydroxylation sites is 1. The number of benzene rings is 3. The highest BCUT2D eigenvalue weighted by molar-refractivity contribution is 6.00. The molecule has 4 aromatic rings. The van der Waals surface area contributed by atoms with Gasteiger partial charge in [0.05, 0.1) is 0 Å². The first-order valence-electron chi connectivity index (χ1n) is 11.4. The first-order chi connectivity index (χ1) is 17.6. The van der Waals surface area contributed by atoms with E-state index in [2.05, 4.69) is 4.98 Å². The van der Waals surface area contributed by atoms with Crippen LogP contribution in [0.4, 0.5) is 13.2 Å². The Bertz CT molecular complexity index is 1460. The number of carbonyl (C=O) groups excluding carboxylic acids is 1. The summed E-state index contributed by atoms with van der Waals surface area (Å²) in [5.74, 6) is -4.03. The number of H-pyrrole nitrogens is 1. The number of rotatable bonds is 4. The van der Waals surface area contributed by atoms with E-state index in [0.717, 1.165) is 27.2 Å². The fourth-order valence-electron chi connectivity index (χ4n) is 4.70. The van der Waals surface area contributed by atoms with E-state index in [1.807, 2.05) is 66.9 Å². The monoisotopic (exact) mass is 512 g/mol. The van der Waals surface area contributed by atoms with Gasteiger partial charge in [0.15, 0.2) is 0 Å². The smallest absolute Gasteiger partial charge is 0.480 e. The van der Waals surface area contributed by atoms with Gasteiger partial charge in [0.25, 0.3) is 5.91 Å². The third kappa shape index (κ3) is 5.58. The molecule has 0 saturated carbocycles. The SMILES string of the molecule is O=C(O)C(F)(F)F.O=C(O)[C@@H]1[C@H](Cc2c[nH]c3ccccc23)CCN1C(=O)c1ccc2ccccc2c1. The summed E-state index contributed by atoms with van der Waals surface area (Å²) in [6, 6.07) is 20.6. The summed E-state index contributed by atoms with van der Waals surface area (Å²) in [7, 11) is 0. The maximum atomic E-state index is 13.2. The van der Waals surface area contributed by atoms with Crippen LogP contribution in [0.15, 0.2) is 72.9 Å². The number of nitrogens with one attached hydrogen (secondary N) is 1. The quantitative estimate of drug-likeness (QED) is 0.352. The number of hydrogen-bond acceptors (Lipinski definition) is 3. The van der Waals surface area contributed by atoms with Gasteiger partial charge < -0.3 is 20.1 Å². The topological polar surface area (TPSA) is 111 Å². The standard InChI is InChI=1S/C25H22N2O3.C2HF3O2/c28-24(19-10-9-16-5-1-2-6-17(16)13-19)27-12-11-18(23(27)25(29)30)14-20-15-26-22-8-4-3-7-21(20)22;3-2(4,5)1(6)7/h1-10,13,15,18,23,26H,11-12,14H2,(H,29,30);(H,6,7)/t18-,23-;/m0./s1. The molecule has 3 N–H and O–H groups in total. The fraction of sp³-hybridized carbons (Fsp3) is 0.222. The molecule has 3 aromatic carbocycles. The van der Waals surface area contributed by atoms with Crippen molar-refractivity contribution in [1.82, 2.24) is 9.88 Å². The Balaban J connectivity index is 0.000000405. The Morgan fingerprint density at radius 1 is 0.946 bits per heavy atom. The maximum Gasteiger partial charge on any atom is 0.490 e. The van der Waals surface area contributed by atoms with Crippen molar-refractivity contribution < 1.29 is 37.8 Å². The molecule has 1 fully saturated rings. The van der Waals surface area contributed by atoms with Crippen molar-refractivity contribution in [3.8, 4) is 0 Å². The van der Waals surface area contributed by atoms with Gasteiger partial charge in [0.1, 0.15) is 6.04 Å². The molecule has 2 heterocycles. The van der Waals surface area contributed by atoms with Crippen LogP contribution >= 0.6 is 0 Å². The number of carboxylic acids is 2. The molecular formula is C27H23F3N2O5. The number of alkyl halides is 3. The number of carbonyl (C=O) groups is 3. The number of halogens is 3. The van der Waals surface area contributed by atoms with Crippen molar-refractivity contribution >= 4 is 39.5 Å². The maximum absolute atomic E-state index is 13.2. The van der Waals surface area contributed by atoms with Crippen molar-refractivity contribution in [2.75, 3.05) is 6.54 Å². The molecule has 192 valence electrons. The van der Waals surface area contributed by atoms with E-state index >= 15 is 0 Å². The zero-order valence-corrected chi connectivity index (χ0v) is 19.4. The van der Waals surface area contributed by atoms with Crippen molar-refractivity contribution in [1.29, 1.82) is 0 Å². The third-order valence-electron chi connectivity index (χ3n) is 6.43. The molecule has 0 unspecified atom stereocenters. The molecule has 1 aliphatic heterocycles. The van der Waals surface area contributed by atoms with Crippen LogP contribution < -0.4 is 0 Å². The summed E-state index contributed by atoms with van der Waals surface area (Å²) < 4.78 is 31.7. The summed E-state index contributed by atoms with van der Waals surface area (Å²) >= 11 is 0. The number of fused-ring (bicyclic) bond motifs is 2. The fourth-order valence-corrected chi connectivity index (χ4v) is 4.70. The summed E-state index contributed by atoms with van der Waals surface area (Å²) in [6.45, 7) is 0.454. The molecule has 1 amide bonds. The molecular weight excluding hydrogens is 489 g/mol. The van der Waals surface area contributed by atoms with E-state index in [1.165, 1.54) is 4.90 Å². The van der Waals surface area contributed by atoms with Crippen LogP contribution in [0, 0.1) is 5.92 Å². The number of nitrogens with zero attached hydrogens (tertiary/aromatic N) is 1. The summed E-state index contributed by atoms with van der Waals surface area (Å²) in [6.07, 6.45) is -1.82. The van der Waals surface area contributed by atoms with Gasteiger partial charge in [-0.2, -0.15) is 13.2 Å². The summed E-state index contributed by atoms with van der Waals surface area (Å²) in [4.78, 5) is 39.1. The van der Waals surface area contributed by atoms with Crippen LogP contribution in [-0.2, 0) is 16.0 Å². The van der Waals surface area contributed by atoms with Crippen LogP contribution in [0.25, 0.3) is 21.7 Å². The molecule has 0 aliphatic carbocycles. The lowest BCUT2D eigenvalue weighted by atomic mass is 9.92. The van der Waals surface area contributed by atoms with Crippen LogP contribution in [0.5, 0.6) is 0 Å². The third-order valence-corrected chi connectivity index (χ3v) is 6.43. The molecule has 10 heteroatoms. The highest BCUT2D eigenvalue weighted by Crippen LogP contribution is 2.32. The van der Waals surface area contributed by atoms with E-state index in [-0.39, 0.29) is 11.8 Å². The zero-order valence-electron chi connectivity index (χ0n) is 19.4. The highest BCUT2D eigenvalue weighted by Gasteiger charge is 2.42. The van der Waals surface area contributed by atoms with Gasteiger partial charge >= 0.3 is 18.1 Å². The molecule has 1 aromatic heterocycles. The Kier molecular flexibility index (Phi) is 7.19. The van der Waals surface area contributed by atoms with Crippen molar-refractivity contribution in [3.05, 3.63) is 84.1 Å². The first-order valence-corrected chi connectivity index (χ1v) is 11.4. The largest absolute Gasteiger partial charge is 0.490 e. The Hall–Kier alpha value is -4.34. The van der Waals surface area contributed by atoms with E-state index < -0.39 is 24.2 Å². The Morgan fingerprint density at radius 3 is 2.27 bits per heavy atom. The van der Waals surface area contributed by atoms with Crippen molar-refractivity contribution in [2.45, 2.75) is 25.1 Å². The second-order valence-corrected chi connectivity index (χ2v) is 8.76. The van der Waals surface area contributed by atoms with Gasteiger partial charge in [0, 0.05) is 29.2 Å². The molecule has 1 saturated heterocycles. The first kappa shape index (κ1) is 25.7. The van der Waals surface area contributed by atoms with Crippen LogP contribution in [0.2, 0.25) is 0 Å². The number of aromatic amines is 1. The minimum atomic E-state index is -5.08. The minimum absolute atomic E-state index is 0.119. The Morgan fingerprint density at radius 2 is 1.59 bits per heavy atom. The predicted octanol–water partition coefficient (Wildman–Crippen LogP) is 5.11. The molecule has 2 atom stereocenters. The molecule has 0 spiro atoms. The summed E-state index contributed by atoms with van der Waals surface area (Å²) in [5.41, 5.74) is 2.68. The predicted molar refractivity (Wildman–Crippen MR) is 130 cm³/mol. The van der Waals surface area contributed by atoms with Crippen molar-refractivity contribution in [3.63, 3.8) is 0 Å². The van der Waals surface area contributed by atoms with E-state index in [1.54, 1.807) is 6.07 Å². The highest BCUT2D eigenvalue weighted by atomic mass is 19.4. The number of aliphatic carboxylic acids is 2. The lowest BCUT2D eigenvalue weighted by Crippen LogP contribution is -2.43. The van der Waals surface area contributed by atoms with Gasteiger partial charge in [-0.05, 0) is 53.3 Å². The number of likely N-dealkylation sites (tertiary alicyclic amines) is 1. The molecule has 37 heavy (non-hydrogen) atoms. The minimum Gasteiger partial charge on any atom is -0.480 e. The van der Waals surface area contributed by atoms with Gasteiger partial charge in [0.2, 0.25) is 0 Å². The van der Waals surface area contributed by atoms with E-state index in [9.17, 15) is 27.9 Å².